The molecular formula is C4H9NO2. The molecule has 2 unspecified atom stereocenters. The normalized spacial score (nSPS) is 20.0. The van der Waals surface area contributed by atoms with E-state index < -0.39 is 18.4 Å². The minimum Gasteiger partial charge on any atom is -0.480 e. The standard InChI is InChI=1S/C4H9NO2/c1-2-3(5)4(6)7/h3H,2,5H2,1H3,(H,6,7)/i2D. The molecule has 2 atom stereocenters. The van der Waals surface area contributed by atoms with E-state index in [2.05, 4.69) is 0 Å². The van der Waals surface area contributed by atoms with Gasteiger partial charge in [0.05, 0.1) is 0 Å². The molecule has 0 heterocycles. The van der Waals surface area contributed by atoms with Crippen molar-refractivity contribution in [3.05, 3.63) is 0 Å². The van der Waals surface area contributed by atoms with Gasteiger partial charge in [-0.15, -0.1) is 0 Å². The van der Waals surface area contributed by atoms with Crippen molar-refractivity contribution >= 4 is 5.97 Å². The summed E-state index contributed by atoms with van der Waals surface area (Å²) in [5.41, 5.74) is 4.97. The van der Waals surface area contributed by atoms with Gasteiger partial charge in [0.2, 0.25) is 0 Å². The first kappa shape index (κ1) is 4.59. The molecule has 0 bridgehead atoms. The Labute approximate surface area is 43.5 Å². The van der Waals surface area contributed by atoms with Gasteiger partial charge in [0.1, 0.15) is 6.04 Å². The fourth-order valence-corrected chi connectivity index (χ4v) is 0.143. The lowest BCUT2D eigenvalue weighted by atomic mass is 10.2. The molecule has 0 aliphatic heterocycles. The van der Waals surface area contributed by atoms with Crippen molar-refractivity contribution in [3.63, 3.8) is 0 Å². The Morgan fingerprint density at radius 2 is 2.71 bits per heavy atom. The summed E-state index contributed by atoms with van der Waals surface area (Å²) in [4.78, 5) is 9.90. The topological polar surface area (TPSA) is 63.3 Å². The Bertz CT molecular complexity index is 94.0. The van der Waals surface area contributed by atoms with Crippen molar-refractivity contribution in [1.82, 2.24) is 0 Å². The summed E-state index contributed by atoms with van der Waals surface area (Å²) in [5.74, 6) is -1.12. The molecule has 7 heavy (non-hydrogen) atoms. The smallest absolute Gasteiger partial charge is 0.320 e. The van der Waals surface area contributed by atoms with E-state index in [0.717, 1.165) is 0 Å². The maximum absolute atomic E-state index is 9.90. The molecule has 0 radical (unpaired) electrons. The molecule has 3 N–H and O–H groups in total. The molecule has 42 valence electrons. The number of rotatable bonds is 2. The van der Waals surface area contributed by atoms with Gasteiger partial charge in [0.25, 0.3) is 0 Å². The Morgan fingerprint density at radius 3 is 2.71 bits per heavy atom. The average Bonchev–Trinajstić information content (AvgIpc) is 1.64. The first-order chi connectivity index (χ1) is 3.55. The van der Waals surface area contributed by atoms with Gasteiger partial charge in [-0.1, -0.05) is 6.92 Å². The third kappa shape index (κ3) is 2.17. The molecule has 0 saturated heterocycles. The van der Waals surface area contributed by atoms with Gasteiger partial charge in [-0.2, -0.15) is 0 Å². The Morgan fingerprint density at radius 1 is 2.29 bits per heavy atom. The summed E-state index contributed by atoms with van der Waals surface area (Å²) in [6.07, 6.45) is -0.729. The lowest BCUT2D eigenvalue weighted by Gasteiger charge is -1.97. The van der Waals surface area contributed by atoms with Crippen molar-refractivity contribution in [1.29, 1.82) is 0 Å². The van der Waals surface area contributed by atoms with Crippen LogP contribution in [0.4, 0.5) is 0 Å². The van der Waals surface area contributed by atoms with E-state index >= 15 is 0 Å². The molecule has 0 aliphatic rings. The fourth-order valence-electron chi connectivity index (χ4n) is 0.143. The zero-order valence-electron chi connectivity index (χ0n) is 5.09. The zero-order chi connectivity index (χ0) is 6.73. The molecule has 0 amide bonds. The highest BCUT2D eigenvalue weighted by molar-refractivity contribution is 5.72. The average molecular weight is 104 g/mol. The lowest BCUT2D eigenvalue weighted by molar-refractivity contribution is -0.138. The van der Waals surface area contributed by atoms with Crippen LogP contribution in [-0.4, -0.2) is 17.1 Å². The predicted molar refractivity (Wildman–Crippen MR) is 25.9 cm³/mol. The number of carboxylic acids is 1. The van der Waals surface area contributed by atoms with Crippen LogP contribution in [0, 0.1) is 0 Å². The second-order valence-electron chi connectivity index (χ2n) is 1.20. The third-order valence-corrected chi connectivity index (χ3v) is 0.644. The van der Waals surface area contributed by atoms with Gasteiger partial charge in [-0.05, 0) is 6.40 Å². The number of aliphatic carboxylic acids is 1. The Hall–Kier alpha value is -0.570. The fraction of sp³-hybridized carbons (Fsp3) is 0.750. The van der Waals surface area contributed by atoms with E-state index in [1.165, 1.54) is 6.92 Å². The van der Waals surface area contributed by atoms with Gasteiger partial charge in [-0.25, -0.2) is 0 Å². The van der Waals surface area contributed by atoms with Gasteiger partial charge in [0.15, 0.2) is 0 Å². The molecule has 0 aromatic rings. The second-order valence-corrected chi connectivity index (χ2v) is 1.20. The first-order valence-electron chi connectivity index (χ1n) is 2.54. The minimum absolute atomic E-state index is 0.729. The number of carbonyl (C=O) groups is 1. The van der Waals surface area contributed by atoms with E-state index in [-0.39, 0.29) is 0 Å². The van der Waals surface area contributed by atoms with Crippen LogP contribution >= 0.6 is 0 Å². The number of carboxylic acid groups (broad SMARTS) is 1. The monoisotopic (exact) mass is 104 g/mol. The highest BCUT2D eigenvalue weighted by atomic mass is 16.4. The van der Waals surface area contributed by atoms with Crippen LogP contribution in [0.15, 0.2) is 0 Å². The molecule has 3 heteroatoms. The van der Waals surface area contributed by atoms with E-state index in [4.69, 9.17) is 12.2 Å². The highest BCUT2D eigenvalue weighted by Crippen LogP contribution is 1.82. The zero-order valence-corrected chi connectivity index (χ0v) is 4.09. The largest absolute Gasteiger partial charge is 0.480 e. The summed E-state index contributed by atoms with van der Waals surface area (Å²) in [6.45, 7) is 1.44. The first-order valence-corrected chi connectivity index (χ1v) is 1.96. The molecule has 0 aromatic heterocycles. The van der Waals surface area contributed by atoms with Crippen LogP contribution in [0.3, 0.4) is 0 Å². The Kier molecular flexibility index (Phi) is 1.69. The number of nitrogens with two attached hydrogens (primary N) is 1. The van der Waals surface area contributed by atoms with Crippen LogP contribution in [0.1, 0.15) is 14.7 Å². The van der Waals surface area contributed by atoms with Crippen LogP contribution < -0.4 is 5.73 Å². The number of hydrogen-bond donors (Lipinski definition) is 2. The molecule has 0 aliphatic carbocycles. The maximum Gasteiger partial charge on any atom is 0.320 e. The summed E-state index contributed by atoms with van der Waals surface area (Å²) >= 11 is 0. The summed E-state index contributed by atoms with van der Waals surface area (Å²) in [7, 11) is 0. The molecule has 0 rings (SSSR count). The SMILES string of the molecule is [2H]C(C)C(N)C(=O)O. The quantitative estimate of drug-likeness (QED) is 0.510. The molecule has 0 fully saturated rings. The van der Waals surface area contributed by atoms with Crippen LogP contribution in [0.25, 0.3) is 0 Å². The summed E-state index contributed by atoms with van der Waals surface area (Å²) in [6, 6.07) is -1.05. The second kappa shape index (κ2) is 2.58. The summed E-state index contributed by atoms with van der Waals surface area (Å²) < 4.78 is 6.81. The van der Waals surface area contributed by atoms with Crippen molar-refractivity contribution in [2.24, 2.45) is 5.73 Å². The van der Waals surface area contributed by atoms with Crippen LogP contribution in [0.2, 0.25) is 0 Å². The van der Waals surface area contributed by atoms with Crippen molar-refractivity contribution in [3.8, 4) is 0 Å². The van der Waals surface area contributed by atoms with Gasteiger partial charge in [-0.3, -0.25) is 4.79 Å². The molecule has 0 saturated carbocycles. The van der Waals surface area contributed by atoms with Gasteiger partial charge in [0, 0.05) is 1.37 Å². The summed E-state index contributed by atoms with van der Waals surface area (Å²) in [5, 5.41) is 8.11. The number of hydrogen-bond acceptors (Lipinski definition) is 2. The maximum atomic E-state index is 9.90. The minimum atomic E-state index is -1.12. The van der Waals surface area contributed by atoms with E-state index in [0.29, 0.717) is 0 Å². The lowest BCUT2D eigenvalue weighted by Crippen LogP contribution is -2.28. The molecule has 3 nitrogen and oxygen atoms in total. The van der Waals surface area contributed by atoms with Crippen LogP contribution in [0.5, 0.6) is 0 Å². The van der Waals surface area contributed by atoms with Gasteiger partial charge >= 0.3 is 5.97 Å². The van der Waals surface area contributed by atoms with Crippen molar-refractivity contribution < 1.29 is 11.3 Å². The third-order valence-electron chi connectivity index (χ3n) is 0.644. The molecule has 0 spiro atoms. The van der Waals surface area contributed by atoms with Gasteiger partial charge < -0.3 is 10.8 Å². The Balaban J connectivity index is 3.64. The molecular weight excluding hydrogens is 94.0 g/mol. The highest BCUT2D eigenvalue weighted by Gasteiger charge is 2.05. The molecule has 0 aromatic carbocycles. The predicted octanol–water partition coefficient (Wildman–Crippen LogP) is -0.192. The van der Waals surface area contributed by atoms with E-state index in [9.17, 15) is 4.79 Å². The van der Waals surface area contributed by atoms with Crippen molar-refractivity contribution in [2.75, 3.05) is 0 Å². The van der Waals surface area contributed by atoms with E-state index in [1.807, 2.05) is 0 Å². The van der Waals surface area contributed by atoms with Crippen molar-refractivity contribution in [2.45, 2.75) is 19.4 Å². The van der Waals surface area contributed by atoms with E-state index in [1.54, 1.807) is 0 Å². The van der Waals surface area contributed by atoms with Crippen LogP contribution in [-0.2, 0) is 4.79 Å².